The van der Waals surface area contributed by atoms with E-state index in [1.54, 1.807) is 12.1 Å². The lowest BCUT2D eigenvalue weighted by atomic mass is 10.2. The quantitative estimate of drug-likeness (QED) is 0.650. The van der Waals surface area contributed by atoms with Crippen LogP contribution in [-0.2, 0) is 9.53 Å². The fraction of sp³-hybridized carbons (Fsp3) is 0.333. The number of nitrogen functional groups attached to an aromatic ring is 1. The van der Waals surface area contributed by atoms with Crippen LogP contribution in [-0.4, -0.2) is 24.1 Å². The van der Waals surface area contributed by atoms with Gasteiger partial charge in [0, 0.05) is 0 Å². The Labute approximate surface area is 81.3 Å². The third kappa shape index (κ3) is 1.82. The van der Waals surface area contributed by atoms with E-state index in [1.807, 2.05) is 6.07 Å². The van der Waals surface area contributed by atoms with E-state index in [0.717, 1.165) is 5.69 Å². The van der Waals surface area contributed by atoms with Gasteiger partial charge in [0.05, 0.1) is 18.3 Å². The first-order valence-corrected chi connectivity index (χ1v) is 4.35. The van der Waals surface area contributed by atoms with Gasteiger partial charge in [0.2, 0.25) is 5.91 Å². The molecule has 1 saturated heterocycles. The summed E-state index contributed by atoms with van der Waals surface area (Å²) in [5.74, 6) is 0.327. The SMILES string of the molecule is Nc1cccc([C@@H]2COCC(=O)N2)n1. The largest absolute Gasteiger partial charge is 0.384 e. The number of carbonyl (C=O) groups is 1. The first-order valence-electron chi connectivity index (χ1n) is 4.35. The van der Waals surface area contributed by atoms with Crippen molar-refractivity contribution in [2.75, 3.05) is 18.9 Å². The van der Waals surface area contributed by atoms with Crippen LogP contribution >= 0.6 is 0 Å². The van der Waals surface area contributed by atoms with Gasteiger partial charge < -0.3 is 15.8 Å². The van der Waals surface area contributed by atoms with Crippen molar-refractivity contribution < 1.29 is 9.53 Å². The maximum Gasteiger partial charge on any atom is 0.246 e. The molecular weight excluding hydrogens is 182 g/mol. The molecule has 0 saturated carbocycles. The van der Waals surface area contributed by atoms with E-state index in [2.05, 4.69) is 10.3 Å². The Morgan fingerprint density at radius 1 is 1.57 bits per heavy atom. The molecule has 0 spiro atoms. The Bertz CT molecular complexity index is 354. The van der Waals surface area contributed by atoms with Crippen LogP contribution in [0.4, 0.5) is 5.82 Å². The van der Waals surface area contributed by atoms with Crippen molar-refractivity contribution in [1.29, 1.82) is 0 Å². The number of hydrogen-bond donors (Lipinski definition) is 2. The fourth-order valence-corrected chi connectivity index (χ4v) is 1.37. The molecule has 14 heavy (non-hydrogen) atoms. The van der Waals surface area contributed by atoms with Crippen molar-refractivity contribution in [3.05, 3.63) is 23.9 Å². The summed E-state index contributed by atoms with van der Waals surface area (Å²) in [5, 5.41) is 2.78. The molecule has 2 heterocycles. The zero-order chi connectivity index (χ0) is 9.97. The molecule has 0 aliphatic carbocycles. The average molecular weight is 193 g/mol. The number of amides is 1. The summed E-state index contributed by atoms with van der Waals surface area (Å²) >= 11 is 0. The zero-order valence-corrected chi connectivity index (χ0v) is 7.56. The van der Waals surface area contributed by atoms with Crippen molar-refractivity contribution in [2.45, 2.75) is 6.04 Å². The number of ether oxygens (including phenoxy) is 1. The molecule has 2 rings (SSSR count). The van der Waals surface area contributed by atoms with E-state index in [9.17, 15) is 4.79 Å². The van der Waals surface area contributed by atoms with Crippen LogP contribution in [0.1, 0.15) is 11.7 Å². The topological polar surface area (TPSA) is 77.2 Å². The van der Waals surface area contributed by atoms with Gasteiger partial charge in [0.15, 0.2) is 0 Å². The van der Waals surface area contributed by atoms with Gasteiger partial charge in [0.1, 0.15) is 12.4 Å². The number of anilines is 1. The van der Waals surface area contributed by atoms with Gasteiger partial charge in [-0.3, -0.25) is 4.79 Å². The van der Waals surface area contributed by atoms with Gasteiger partial charge in [-0.2, -0.15) is 0 Å². The number of aromatic nitrogens is 1. The number of pyridine rings is 1. The molecule has 1 aromatic heterocycles. The second-order valence-corrected chi connectivity index (χ2v) is 3.12. The maximum atomic E-state index is 11.0. The minimum absolute atomic E-state index is 0.120. The molecule has 1 fully saturated rings. The molecule has 0 aromatic carbocycles. The molecule has 3 N–H and O–H groups in total. The second-order valence-electron chi connectivity index (χ2n) is 3.12. The van der Waals surface area contributed by atoms with E-state index in [4.69, 9.17) is 10.5 Å². The lowest BCUT2D eigenvalue weighted by molar-refractivity contribution is -0.131. The Balaban J connectivity index is 2.17. The summed E-state index contributed by atoms with van der Waals surface area (Å²) in [7, 11) is 0. The van der Waals surface area contributed by atoms with Crippen molar-refractivity contribution >= 4 is 11.7 Å². The highest BCUT2D eigenvalue weighted by Crippen LogP contribution is 2.14. The summed E-state index contributed by atoms with van der Waals surface area (Å²) in [5.41, 5.74) is 6.27. The fourth-order valence-electron chi connectivity index (χ4n) is 1.37. The molecule has 74 valence electrons. The molecule has 1 aliphatic heterocycles. The van der Waals surface area contributed by atoms with Crippen molar-refractivity contribution in [1.82, 2.24) is 10.3 Å². The van der Waals surface area contributed by atoms with E-state index in [1.165, 1.54) is 0 Å². The van der Waals surface area contributed by atoms with Gasteiger partial charge in [-0.1, -0.05) is 6.07 Å². The standard InChI is InChI=1S/C9H11N3O2/c10-8-3-1-2-6(11-8)7-4-14-5-9(13)12-7/h1-3,7H,4-5H2,(H2,10,11)(H,12,13)/t7-/m0/s1. The lowest BCUT2D eigenvalue weighted by Crippen LogP contribution is -2.40. The predicted molar refractivity (Wildman–Crippen MR) is 50.4 cm³/mol. The summed E-state index contributed by atoms with van der Waals surface area (Å²) in [6.45, 7) is 0.570. The highest BCUT2D eigenvalue weighted by Gasteiger charge is 2.21. The number of morpholine rings is 1. The van der Waals surface area contributed by atoms with E-state index in [0.29, 0.717) is 12.4 Å². The number of hydrogen-bond acceptors (Lipinski definition) is 4. The molecule has 1 aromatic rings. The second kappa shape index (κ2) is 3.63. The molecule has 1 aliphatic rings. The van der Waals surface area contributed by atoms with Gasteiger partial charge in [0.25, 0.3) is 0 Å². The Kier molecular flexibility index (Phi) is 2.32. The maximum absolute atomic E-state index is 11.0. The first kappa shape index (κ1) is 8.96. The molecule has 0 radical (unpaired) electrons. The monoisotopic (exact) mass is 193 g/mol. The minimum Gasteiger partial charge on any atom is -0.384 e. The Morgan fingerprint density at radius 3 is 3.14 bits per heavy atom. The van der Waals surface area contributed by atoms with E-state index >= 15 is 0 Å². The molecule has 1 atom stereocenters. The highest BCUT2D eigenvalue weighted by atomic mass is 16.5. The summed E-state index contributed by atoms with van der Waals surface area (Å²) in [6, 6.07) is 5.14. The molecule has 5 heteroatoms. The van der Waals surface area contributed by atoms with Gasteiger partial charge in [-0.25, -0.2) is 4.98 Å². The van der Waals surface area contributed by atoms with Crippen LogP contribution in [0.15, 0.2) is 18.2 Å². The van der Waals surface area contributed by atoms with Crippen molar-refractivity contribution in [2.24, 2.45) is 0 Å². The first-order chi connectivity index (χ1) is 6.75. The van der Waals surface area contributed by atoms with Crippen LogP contribution in [0.25, 0.3) is 0 Å². The minimum atomic E-state index is -0.181. The third-order valence-electron chi connectivity index (χ3n) is 2.00. The van der Waals surface area contributed by atoms with Crippen LogP contribution in [0.3, 0.4) is 0 Å². The van der Waals surface area contributed by atoms with Crippen LogP contribution in [0.5, 0.6) is 0 Å². The van der Waals surface area contributed by atoms with Crippen molar-refractivity contribution in [3.63, 3.8) is 0 Å². The van der Waals surface area contributed by atoms with Crippen LogP contribution < -0.4 is 11.1 Å². The number of nitrogens with one attached hydrogen (secondary N) is 1. The van der Waals surface area contributed by atoms with Gasteiger partial charge >= 0.3 is 0 Å². The van der Waals surface area contributed by atoms with Crippen molar-refractivity contribution in [3.8, 4) is 0 Å². The lowest BCUT2D eigenvalue weighted by Gasteiger charge is -2.22. The predicted octanol–water partition coefficient (Wildman–Crippen LogP) is -0.149. The van der Waals surface area contributed by atoms with Gasteiger partial charge in [-0.05, 0) is 12.1 Å². The molecule has 1 amide bonds. The summed E-state index contributed by atoms with van der Waals surface area (Å²) in [6.07, 6.45) is 0. The number of nitrogens with two attached hydrogens (primary N) is 1. The number of rotatable bonds is 1. The normalized spacial score (nSPS) is 21.7. The number of carbonyl (C=O) groups excluding carboxylic acids is 1. The third-order valence-corrected chi connectivity index (χ3v) is 2.00. The summed E-state index contributed by atoms with van der Waals surface area (Å²) in [4.78, 5) is 15.2. The highest BCUT2D eigenvalue weighted by molar-refractivity contribution is 5.78. The van der Waals surface area contributed by atoms with Crippen LogP contribution in [0.2, 0.25) is 0 Å². The molecular formula is C9H11N3O2. The molecule has 0 unspecified atom stereocenters. The average Bonchev–Trinajstić information content (AvgIpc) is 2.18. The Morgan fingerprint density at radius 2 is 2.43 bits per heavy atom. The molecule has 0 bridgehead atoms. The van der Waals surface area contributed by atoms with E-state index < -0.39 is 0 Å². The van der Waals surface area contributed by atoms with E-state index in [-0.39, 0.29) is 18.6 Å². The number of nitrogens with zero attached hydrogens (tertiary/aromatic N) is 1. The van der Waals surface area contributed by atoms with Crippen LogP contribution in [0, 0.1) is 0 Å². The smallest absolute Gasteiger partial charge is 0.246 e. The zero-order valence-electron chi connectivity index (χ0n) is 7.56. The summed E-state index contributed by atoms with van der Waals surface area (Å²) < 4.78 is 5.10. The molecule has 5 nitrogen and oxygen atoms in total. The Hall–Kier alpha value is -1.62. The van der Waals surface area contributed by atoms with Gasteiger partial charge in [-0.15, -0.1) is 0 Å².